The minimum absolute atomic E-state index is 0.139. The average molecular weight is 878 g/mol. The second kappa shape index (κ2) is 17.1. The molecule has 0 N–H and O–H groups in total. The van der Waals surface area contributed by atoms with Crippen molar-refractivity contribution in [1.82, 2.24) is 0 Å². The van der Waals surface area contributed by atoms with Crippen LogP contribution in [0.2, 0.25) is 0 Å². The van der Waals surface area contributed by atoms with Crippen LogP contribution < -0.4 is 46.4 Å². The summed E-state index contributed by atoms with van der Waals surface area (Å²) >= 11 is 0. The average Bonchev–Trinajstić information content (AvgIpc) is 3.62. The van der Waals surface area contributed by atoms with Gasteiger partial charge in [-0.15, -0.1) is 0 Å². The molecule has 11 rings (SSSR count). The first-order valence-electron chi connectivity index (χ1n) is 23.1. The quantitative estimate of drug-likeness (QED) is 0.0925. The number of rotatable bonds is 11. The van der Waals surface area contributed by atoms with Crippen molar-refractivity contribution in [2.24, 2.45) is 0 Å². The standard InChI is InChI=1S/C63H51NSi2/c1-63(2)61-36-22-21-35-59(61)60-46-41-50(47-62(60)63)64(48-37-42-57(43-38-48)65(51-23-9-3-10-24-51,52-25-11-4-12-26-52)53-27-13-5-14-28-53)49-39-44-58(45-40-49)66(54-29-15-6-16-30-54,55-31-17-7-18-32-55)56-33-19-8-20-34-56/h3-47H,1-2H3. The van der Waals surface area contributed by atoms with Gasteiger partial charge < -0.3 is 4.90 Å². The highest BCUT2D eigenvalue weighted by Crippen LogP contribution is 2.50. The summed E-state index contributed by atoms with van der Waals surface area (Å²) in [4.78, 5) is 2.47. The van der Waals surface area contributed by atoms with Crippen molar-refractivity contribution < 1.29 is 0 Å². The van der Waals surface area contributed by atoms with E-state index in [2.05, 4.69) is 292 Å². The van der Waals surface area contributed by atoms with Crippen molar-refractivity contribution >= 4 is 74.7 Å². The van der Waals surface area contributed by atoms with Gasteiger partial charge in [0.25, 0.3) is 0 Å². The molecule has 0 saturated heterocycles. The zero-order chi connectivity index (χ0) is 44.6. The molecule has 0 atom stereocenters. The molecule has 1 aliphatic carbocycles. The van der Waals surface area contributed by atoms with Crippen molar-refractivity contribution in [3.8, 4) is 11.1 Å². The van der Waals surface area contributed by atoms with Crippen LogP contribution in [0.15, 0.2) is 273 Å². The topological polar surface area (TPSA) is 3.24 Å². The number of hydrogen-bond acceptors (Lipinski definition) is 1. The van der Waals surface area contributed by atoms with Crippen LogP contribution in [-0.2, 0) is 5.41 Å². The SMILES string of the molecule is CC1(C)c2ccccc2-c2ccc(N(c3ccc([Si](c4ccccc4)(c4ccccc4)c4ccccc4)cc3)c3ccc([Si](c4ccccc4)(c4ccccc4)c4ccccc4)cc3)cc21. The van der Waals surface area contributed by atoms with E-state index >= 15 is 0 Å². The van der Waals surface area contributed by atoms with E-state index in [1.165, 1.54) is 63.7 Å². The highest BCUT2D eigenvalue weighted by molar-refractivity contribution is 7.20. The molecule has 0 amide bonds. The molecular weight excluding hydrogens is 827 g/mol. The maximum absolute atomic E-state index is 2.72. The van der Waals surface area contributed by atoms with Gasteiger partial charge in [-0.1, -0.05) is 250 Å². The highest BCUT2D eigenvalue weighted by atomic mass is 28.3. The maximum Gasteiger partial charge on any atom is 0.179 e. The molecule has 1 nitrogen and oxygen atoms in total. The summed E-state index contributed by atoms with van der Waals surface area (Å²) in [5.41, 5.74) is 8.63. The van der Waals surface area contributed by atoms with Crippen LogP contribution in [-0.4, -0.2) is 16.1 Å². The molecule has 0 fully saturated rings. The van der Waals surface area contributed by atoms with Gasteiger partial charge >= 0.3 is 0 Å². The molecule has 0 radical (unpaired) electrons. The Morgan fingerprint density at radius 1 is 0.258 bits per heavy atom. The number of nitrogens with zero attached hydrogens (tertiary/aromatic N) is 1. The molecule has 316 valence electrons. The molecule has 0 bridgehead atoms. The summed E-state index contributed by atoms with van der Waals surface area (Å²) in [6, 6.07) is 102. The van der Waals surface area contributed by atoms with Crippen LogP contribution in [0.3, 0.4) is 0 Å². The van der Waals surface area contributed by atoms with Gasteiger partial charge in [0.15, 0.2) is 16.1 Å². The van der Waals surface area contributed by atoms with Gasteiger partial charge in [-0.3, -0.25) is 0 Å². The van der Waals surface area contributed by atoms with Crippen LogP contribution in [0, 0.1) is 0 Å². The van der Waals surface area contributed by atoms with Gasteiger partial charge in [0.05, 0.1) is 0 Å². The van der Waals surface area contributed by atoms with E-state index in [0.717, 1.165) is 17.1 Å². The molecule has 66 heavy (non-hydrogen) atoms. The van der Waals surface area contributed by atoms with Gasteiger partial charge in [0.2, 0.25) is 0 Å². The molecule has 0 saturated carbocycles. The zero-order valence-electron chi connectivity index (χ0n) is 37.4. The van der Waals surface area contributed by atoms with Crippen molar-refractivity contribution in [2.45, 2.75) is 19.3 Å². The molecule has 0 spiro atoms. The van der Waals surface area contributed by atoms with Gasteiger partial charge in [0.1, 0.15) is 0 Å². The van der Waals surface area contributed by atoms with Crippen LogP contribution in [0.25, 0.3) is 11.1 Å². The highest BCUT2D eigenvalue weighted by Gasteiger charge is 2.43. The summed E-state index contributed by atoms with van der Waals surface area (Å²) in [6.45, 7) is 4.74. The van der Waals surface area contributed by atoms with Gasteiger partial charge in [-0.05, 0) is 100 Å². The monoisotopic (exact) mass is 877 g/mol. The van der Waals surface area contributed by atoms with E-state index in [4.69, 9.17) is 0 Å². The Morgan fingerprint density at radius 2 is 0.530 bits per heavy atom. The fraction of sp³-hybridized carbons (Fsp3) is 0.0476. The Kier molecular flexibility index (Phi) is 10.7. The molecule has 0 aromatic heterocycles. The number of fused-ring (bicyclic) bond motifs is 3. The summed E-state index contributed by atoms with van der Waals surface area (Å²) in [5, 5.41) is 10.9. The van der Waals surface area contributed by atoms with Crippen molar-refractivity contribution in [3.05, 3.63) is 284 Å². The smallest absolute Gasteiger partial charge is 0.179 e. The fourth-order valence-corrected chi connectivity index (χ4v) is 20.6. The third-order valence-electron chi connectivity index (χ3n) is 14.2. The lowest BCUT2D eigenvalue weighted by Gasteiger charge is -2.35. The Hall–Kier alpha value is -7.57. The summed E-state index contributed by atoms with van der Waals surface area (Å²) in [6.07, 6.45) is 0. The summed E-state index contributed by atoms with van der Waals surface area (Å²) < 4.78 is 0. The van der Waals surface area contributed by atoms with E-state index < -0.39 is 16.1 Å². The molecule has 0 aliphatic heterocycles. The minimum atomic E-state index is -2.72. The summed E-state index contributed by atoms with van der Waals surface area (Å²) in [5.74, 6) is 0. The van der Waals surface area contributed by atoms with Crippen LogP contribution in [0.4, 0.5) is 17.1 Å². The Balaban J connectivity index is 1.11. The molecule has 1 aliphatic rings. The largest absolute Gasteiger partial charge is 0.310 e. The third-order valence-corrected chi connectivity index (χ3v) is 23.8. The molecular formula is C63H51NSi2. The molecule has 0 heterocycles. The summed E-state index contributed by atoms with van der Waals surface area (Å²) in [7, 11) is -5.45. The van der Waals surface area contributed by atoms with E-state index in [9.17, 15) is 0 Å². The normalized spacial score (nSPS) is 12.8. The van der Waals surface area contributed by atoms with Crippen molar-refractivity contribution in [2.75, 3.05) is 4.90 Å². The number of benzene rings is 10. The maximum atomic E-state index is 2.47. The van der Waals surface area contributed by atoms with Crippen LogP contribution in [0.1, 0.15) is 25.0 Å². The second-order valence-corrected chi connectivity index (χ2v) is 25.6. The van der Waals surface area contributed by atoms with E-state index in [-0.39, 0.29) is 5.41 Å². The third kappa shape index (κ3) is 6.74. The van der Waals surface area contributed by atoms with Gasteiger partial charge in [-0.25, -0.2) is 0 Å². The lowest BCUT2D eigenvalue weighted by molar-refractivity contribution is 0.660. The molecule has 10 aromatic carbocycles. The minimum Gasteiger partial charge on any atom is -0.310 e. The fourth-order valence-electron chi connectivity index (χ4n) is 11.1. The Bertz CT molecular complexity index is 2870. The lowest BCUT2D eigenvalue weighted by Crippen LogP contribution is -2.74. The van der Waals surface area contributed by atoms with E-state index in [0.29, 0.717) is 0 Å². The van der Waals surface area contributed by atoms with Crippen molar-refractivity contribution in [3.63, 3.8) is 0 Å². The second-order valence-electron chi connectivity index (χ2n) is 18.0. The van der Waals surface area contributed by atoms with Gasteiger partial charge in [0, 0.05) is 22.5 Å². The van der Waals surface area contributed by atoms with Gasteiger partial charge in [-0.2, -0.15) is 0 Å². The Morgan fingerprint density at radius 3 is 0.879 bits per heavy atom. The first-order valence-corrected chi connectivity index (χ1v) is 27.1. The first kappa shape index (κ1) is 41.2. The number of hydrogen-bond donors (Lipinski definition) is 0. The first-order chi connectivity index (χ1) is 32.5. The molecule has 0 unspecified atom stereocenters. The zero-order valence-corrected chi connectivity index (χ0v) is 39.4. The molecule has 10 aromatic rings. The van der Waals surface area contributed by atoms with E-state index in [1.54, 1.807) is 0 Å². The van der Waals surface area contributed by atoms with Crippen LogP contribution in [0.5, 0.6) is 0 Å². The van der Waals surface area contributed by atoms with Crippen LogP contribution >= 0.6 is 0 Å². The van der Waals surface area contributed by atoms with E-state index in [1.807, 2.05) is 0 Å². The number of anilines is 3. The molecule has 3 heteroatoms. The lowest BCUT2D eigenvalue weighted by atomic mass is 9.82. The Labute approximate surface area is 392 Å². The predicted octanol–water partition coefficient (Wildman–Crippen LogP) is 10.2. The predicted molar refractivity (Wildman–Crippen MR) is 286 cm³/mol. The van der Waals surface area contributed by atoms with Crippen molar-refractivity contribution in [1.29, 1.82) is 0 Å².